The van der Waals surface area contributed by atoms with Gasteiger partial charge in [-0.3, -0.25) is 15.5 Å². The molecule has 0 unspecified atom stereocenters. The first-order valence-electron chi connectivity index (χ1n) is 8.14. The number of hydrogen-bond donors (Lipinski definition) is 1. The molecule has 1 aromatic heterocycles. The van der Waals surface area contributed by atoms with Crippen molar-refractivity contribution in [2.75, 3.05) is 5.43 Å². The number of nitrogens with one attached hydrogen (secondary N) is 1. The van der Waals surface area contributed by atoms with Crippen molar-refractivity contribution in [3.8, 4) is 0 Å². The van der Waals surface area contributed by atoms with Gasteiger partial charge in [-0.1, -0.05) is 54.1 Å². The van der Waals surface area contributed by atoms with Crippen LogP contribution in [-0.4, -0.2) is 16.1 Å². The topological polar surface area (TPSA) is 80.4 Å². The fourth-order valence-electron chi connectivity index (χ4n) is 2.88. The van der Waals surface area contributed by atoms with Crippen LogP contribution in [0, 0.1) is 10.1 Å². The van der Waals surface area contributed by atoms with Gasteiger partial charge in [-0.25, -0.2) is 4.98 Å². The molecular weight excluding hydrogens is 364 g/mol. The first-order valence-corrected chi connectivity index (χ1v) is 8.52. The number of para-hydroxylation sites is 2. The lowest BCUT2D eigenvalue weighted by atomic mass is 10.1. The largest absolute Gasteiger partial charge is 0.288 e. The number of hydrogen-bond acceptors (Lipinski definition) is 5. The summed E-state index contributed by atoms with van der Waals surface area (Å²) in [5.74, 6) is 0. The molecule has 6 nitrogen and oxygen atoms in total. The van der Waals surface area contributed by atoms with Crippen LogP contribution >= 0.6 is 11.6 Å². The van der Waals surface area contributed by atoms with Gasteiger partial charge in [0.25, 0.3) is 5.69 Å². The second-order valence-corrected chi connectivity index (χ2v) is 6.27. The Hall–Kier alpha value is -3.51. The highest BCUT2D eigenvalue weighted by atomic mass is 35.5. The maximum absolute atomic E-state index is 11.0. The summed E-state index contributed by atoms with van der Waals surface area (Å²) in [7, 11) is 0. The summed E-state index contributed by atoms with van der Waals surface area (Å²) in [6.07, 6.45) is 1.52. The zero-order valence-corrected chi connectivity index (χ0v) is 14.7. The van der Waals surface area contributed by atoms with Gasteiger partial charge in [0, 0.05) is 22.4 Å². The molecule has 27 heavy (non-hydrogen) atoms. The second-order valence-electron chi connectivity index (χ2n) is 5.86. The van der Waals surface area contributed by atoms with Crippen LogP contribution in [0.2, 0.25) is 5.02 Å². The van der Waals surface area contributed by atoms with Crippen molar-refractivity contribution in [1.29, 1.82) is 0 Å². The maximum atomic E-state index is 11.0. The van der Waals surface area contributed by atoms with Crippen LogP contribution in [0.3, 0.4) is 0 Å². The number of rotatable bonds is 4. The van der Waals surface area contributed by atoms with E-state index < -0.39 is 4.92 Å². The summed E-state index contributed by atoms with van der Waals surface area (Å²) in [4.78, 5) is 15.2. The molecule has 0 aliphatic carbocycles. The Morgan fingerprint density at radius 1 is 1.00 bits per heavy atom. The average molecular weight is 377 g/mol. The van der Waals surface area contributed by atoms with Gasteiger partial charge >= 0.3 is 0 Å². The van der Waals surface area contributed by atoms with Gasteiger partial charge in [0.05, 0.1) is 27.9 Å². The number of nitrogens with zero attached hydrogens (tertiary/aromatic N) is 3. The molecule has 7 heteroatoms. The van der Waals surface area contributed by atoms with Gasteiger partial charge in [0.1, 0.15) is 5.02 Å². The quantitative estimate of drug-likeness (QED) is 0.224. The van der Waals surface area contributed by atoms with Crippen LogP contribution in [0.4, 0.5) is 11.4 Å². The van der Waals surface area contributed by atoms with Crippen LogP contribution < -0.4 is 5.43 Å². The summed E-state index contributed by atoms with van der Waals surface area (Å²) in [6, 6.07) is 20.1. The van der Waals surface area contributed by atoms with E-state index in [1.807, 2.05) is 48.5 Å². The predicted octanol–water partition coefficient (Wildman–Crippen LogP) is 5.40. The molecule has 3 aromatic carbocycles. The van der Waals surface area contributed by atoms with Crippen LogP contribution in [0.15, 0.2) is 71.8 Å². The lowest BCUT2D eigenvalue weighted by Gasteiger charge is -2.09. The molecule has 4 aromatic rings. The van der Waals surface area contributed by atoms with E-state index >= 15 is 0 Å². The first kappa shape index (κ1) is 16.9. The Balaban J connectivity index is 1.74. The zero-order valence-electron chi connectivity index (χ0n) is 14.0. The first-order chi connectivity index (χ1) is 13.1. The van der Waals surface area contributed by atoms with Crippen LogP contribution in [0.25, 0.3) is 21.8 Å². The molecule has 4 rings (SSSR count). The highest BCUT2D eigenvalue weighted by Gasteiger charge is 2.12. The number of halogens is 1. The molecule has 0 bridgehead atoms. The molecule has 1 N–H and O–H groups in total. The molecular formula is C20H13ClN4O2. The van der Waals surface area contributed by atoms with E-state index in [2.05, 4.69) is 15.5 Å². The fourth-order valence-corrected chi connectivity index (χ4v) is 3.07. The summed E-state index contributed by atoms with van der Waals surface area (Å²) >= 11 is 5.84. The Labute approximate surface area is 159 Å². The fraction of sp³-hybridized carbons (Fsp3) is 0. The molecule has 0 saturated carbocycles. The summed E-state index contributed by atoms with van der Waals surface area (Å²) in [5.41, 5.74) is 6.03. The molecule has 0 atom stereocenters. The van der Waals surface area contributed by atoms with Crippen LogP contribution in [-0.2, 0) is 0 Å². The Bertz CT molecular complexity index is 1150. The van der Waals surface area contributed by atoms with Crippen molar-refractivity contribution >= 4 is 51.0 Å². The summed E-state index contributed by atoms with van der Waals surface area (Å²) < 4.78 is 0. The van der Waals surface area contributed by atoms with Gasteiger partial charge in [0.2, 0.25) is 0 Å². The van der Waals surface area contributed by atoms with E-state index in [1.54, 1.807) is 6.07 Å². The molecule has 0 spiro atoms. The van der Waals surface area contributed by atoms with Crippen molar-refractivity contribution < 1.29 is 4.92 Å². The van der Waals surface area contributed by atoms with E-state index in [4.69, 9.17) is 11.6 Å². The van der Waals surface area contributed by atoms with Gasteiger partial charge < -0.3 is 0 Å². The van der Waals surface area contributed by atoms with Crippen LogP contribution in [0.5, 0.6) is 0 Å². The van der Waals surface area contributed by atoms with E-state index in [0.29, 0.717) is 5.56 Å². The standard InChI is InChI=1S/C20H13ClN4O2/c21-16-10-9-13(11-19(16)25(26)27)12-22-24-20-14-5-1-3-7-17(14)23-18-8-4-2-6-15(18)20/h1-12H,(H,23,24)/b22-12+. The third-order valence-corrected chi connectivity index (χ3v) is 4.46. The number of hydrazone groups is 1. The van der Waals surface area contributed by atoms with Crippen molar-refractivity contribution in [2.45, 2.75) is 0 Å². The minimum Gasteiger partial charge on any atom is -0.277 e. The number of pyridine rings is 1. The summed E-state index contributed by atoms with van der Waals surface area (Å²) in [5, 5.41) is 17.3. The second kappa shape index (κ2) is 7.01. The van der Waals surface area contributed by atoms with Gasteiger partial charge in [0.15, 0.2) is 0 Å². The molecule has 0 saturated heterocycles. The number of benzene rings is 3. The van der Waals surface area contributed by atoms with Crippen molar-refractivity contribution in [3.05, 3.63) is 87.4 Å². The minimum atomic E-state index is -0.517. The lowest BCUT2D eigenvalue weighted by Crippen LogP contribution is -1.96. The van der Waals surface area contributed by atoms with Gasteiger partial charge in [-0.2, -0.15) is 5.10 Å². The molecule has 0 radical (unpaired) electrons. The lowest BCUT2D eigenvalue weighted by molar-refractivity contribution is -0.384. The Kier molecular flexibility index (Phi) is 4.40. The van der Waals surface area contributed by atoms with Crippen LogP contribution in [0.1, 0.15) is 5.56 Å². The van der Waals surface area contributed by atoms with E-state index in [-0.39, 0.29) is 10.7 Å². The van der Waals surface area contributed by atoms with Crippen molar-refractivity contribution in [2.24, 2.45) is 5.10 Å². The highest BCUT2D eigenvalue weighted by Crippen LogP contribution is 2.30. The van der Waals surface area contributed by atoms with E-state index in [1.165, 1.54) is 18.3 Å². The molecule has 1 heterocycles. The third kappa shape index (κ3) is 3.30. The molecule has 0 amide bonds. The van der Waals surface area contributed by atoms with Crippen molar-refractivity contribution in [1.82, 2.24) is 4.98 Å². The van der Waals surface area contributed by atoms with Gasteiger partial charge in [-0.15, -0.1) is 0 Å². The smallest absolute Gasteiger partial charge is 0.277 e. The number of fused-ring (bicyclic) bond motifs is 2. The average Bonchev–Trinajstić information content (AvgIpc) is 2.68. The number of nitro groups is 1. The molecule has 132 valence electrons. The molecule has 0 fully saturated rings. The van der Waals surface area contributed by atoms with E-state index in [0.717, 1.165) is 27.5 Å². The number of aromatic nitrogens is 1. The van der Waals surface area contributed by atoms with Gasteiger partial charge in [-0.05, 0) is 18.2 Å². The van der Waals surface area contributed by atoms with Crippen molar-refractivity contribution in [3.63, 3.8) is 0 Å². The Morgan fingerprint density at radius 2 is 1.63 bits per heavy atom. The monoisotopic (exact) mass is 376 g/mol. The SMILES string of the molecule is O=[N+]([O-])c1cc(/C=N/Nc2c3ccccc3nc3ccccc23)ccc1Cl. The Morgan fingerprint density at radius 3 is 2.26 bits per heavy atom. The number of anilines is 1. The summed E-state index contributed by atoms with van der Waals surface area (Å²) in [6.45, 7) is 0. The highest BCUT2D eigenvalue weighted by molar-refractivity contribution is 6.32. The molecule has 0 aliphatic rings. The molecule has 0 aliphatic heterocycles. The minimum absolute atomic E-state index is 0.0937. The van der Waals surface area contributed by atoms with E-state index in [9.17, 15) is 10.1 Å². The number of nitro benzene ring substituents is 1. The zero-order chi connectivity index (χ0) is 18.8. The predicted molar refractivity (Wildman–Crippen MR) is 109 cm³/mol. The third-order valence-electron chi connectivity index (χ3n) is 4.14. The maximum Gasteiger partial charge on any atom is 0.288 e. The normalized spacial score (nSPS) is 11.3.